The van der Waals surface area contributed by atoms with Gasteiger partial charge in [0.25, 0.3) is 0 Å². The van der Waals surface area contributed by atoms with Crippen LogP contribution in [0, 0.1) is 18.3 Å². The number of Topliss-reactive ketones (excluding diaryl/α,β-unsaturated/α-hetero) is 1. The molecule has 1 unspecified atom stereocenters. The van der Waals surface area contributed by atoms with Gasteiger partial charge in [0, 0.05) is 20.1 Å². The summed E-state index contributed by atoms with van der Waals surface area (Å²) in [6.45, 7) is 18.6. The Hall–Kier alpha value is -1.59. The number of rotatable bonds is 15. The van der Waals surface area contributed by atoms with Crippen LogP contribution in [0.4, 0.5) is 0 Å². The molecule has 0 fully saturated rings. The summed E-state index contributed by atoms with van der Waals surface area (Å²) in [5.74, 6) is 0.631. The Morgan fingerprint density at radius 3 is 2.42 bits per heavy atom. The van der Waals surface area contributed by atoms with E-state index >= 15 is 0 Å². The molecule has 0 amide bonds. The Morgan fingerprint density at radius 2 is 1.85 bits per heavy atom. The normalized spacial score (nSPS) is 13.9. The molecule has 1 atom stereocenters. The Morgan fingerprint density at radius 1 is 1.15 bits per heavy atom. The molecule has 1 rings (SSSR count). The average molecular weight is 461 g/mol. The maximum atomic E-state index is 12.7. The third-order valence-corrected chi connectivity index (χ3v) is 6.44. The smallest absolute Gasteiger partial charge is 0.182 e. The van der Waals surface area contributed by atoms with Gasteiger partial charge < -0.3 is 9.47 Å². The van der Waals surface area contributed by atoms with Gasteiger partial charge >= 0.3 is 0 Å². The van der Waals surface area contributed by atoms with Gasteiger partial charge in [-0.2, -0.15) is 0 Å². The fourth-order valence-corrected chi connectivity index (χ4v) is 3.64. The standard InChI is InChI=1S/C28H48N2O3/c1-10-23(20-33-27(4,5)6)14-11-12-15-26(31)25-19-29-24(22(3)30-25)18-21(2)28(7,8)16-13-17-32-9/h18-19,23H,10-17,20H2,1-9H3/b21-18+. The van der Waals surface area contributed by atoms with Crippen LogP contribution in [0.25, 0.3) is 6.08 Å². The van der Waals surface area contributed by atoms with E-state index in [0.29, 0.717) is 18.0 Å². The second-order valence-electron chi connectivity index (χ2n) is 10.9. The Bertz CT molecular complexity index is 763. The van der Waals surface area contributed by atoms with Gasteiger partial charge in [-0.05, 0) is 77.7 Å². The van der Waals surface area contributed by atoms with E-state index < -0.39 is 0 Å². The lowest BCUT2D eigenvalue weighted by atomic mass is 9.80. The second kappa shape index (κ2) is 14.0. The number of carbonyl (C=O) groups excluding carboxylic acids is 1. The highest BCUT2D eigenvalue weighted by molar-refractivity contribution is 5.94. The summed E-state index contributed by atoms with van der Waals surface area (Å²) in [5, 5.41) is 0. The van der Waals surface area contributed by atoms with E-state index in [0.717, 1.165) is 63.1 Å². The fraction of sp³-hybridized carbons (Fsp3) is 0.750. The van der Waals surface area contributed by atoms with Crippen LogP contribution >= 0.6 is 0 Å². The van der Waals surface area contributed by atoms with Gasteiger partial charge in [0.1, 0.15) is 5.69 Å². The first kappa shape index (κ1) is 29.4. The Balaban J connectivity index is 2.61. The molecule has 1 aromatic rings. The maximum absolute atomic E-state index is 12.7. The molecule has 5 heteroatoms. The predicted octanol–water partition coefficient (Wildman–Crippen LogP) is 7.23. The first-order chi connectivity index (χ1) is 15.4. The molecule has 0 aliphatic carbocycles. The SMILES string of the molecule is CCC(CCCCC(=O)c1cnc(/C=C(\C)C(C)(C)CCCOC)c(C)n1)COC(C)(C)C. The molecule has 0 spiro atoms. The summed E-state index contributed by atoms with van der Waals surface area (Å²) in [5.41, 5.74) is 3.35. The molecule has 0 bridgehead atoms. The highest BCUT2D eigenvalue weighted by Gasteiger charge is 2.20. The minimum Gasteiger partial charge on any atom is -0.385 e. The summed E-state index contributed by atoms with van der Waals surface area (Å²) in [4.78, 5) is 21.8. The molecule has 0 aliphatic heterocycles. The minimum absolute atomic E-state index is 0.0649. The number of hydrogen-bond donors (Lipinski definition) is 0. The summed E-state index contributed by atoms with van der Waals surface area (Å²) in [6, 6.07) is 0. The van der Waals surface area contributed by atoms with E-state index in [-0.39, 0.29) is 16.8 Å². The van der Waals surface area contributed by atoms with Crippen molar-refractivity contribution in [2.75, 3.05) is 20.3 Å². The lowest BCUT2D eigenvalue weighted by Crippen LogP contribution is -2.23. The zero-order valence-corrected chi connectivity index (χ0v) is 22.7. The van der Waals surface area contributed by atoms with Crippen molar-refractivity contribution in [3.05, 3.63) is 28.9 Å². The van der Waals surface area contributed by atoms with Crippen molar-refractivity contribution >= 4 is 11.9 Å². The molecule has 0 aliphatic rings. The van der Waals surface area contributed by atoms with Crippen LogP contribution in [-0.4, -0.2) is 41.7 Å². The number of nitrogens with zero attached hydrogens (tertiary/aromatic N) is 2. The summed E-state index contributed by atoms with van der Waals surface area (Å²) in [6.07, 6.45) is 10.4. The summed E-state index contributed by atoms with van der Waals surface area (Å²) in [7, 11) is 1.74. The number of unbranched alkanes of at least 4 members (excludes halogenated alkanes) is 1. The van der Waals surface area contributed by atoms with Gasteiger partial charge in [0.05, 0.1) is 29.8 Å². The van der Waals surface area contributed by atoms with Crippen molar-refractivity contribution in [3.63, 3.8) is 0 Å². The molecule has 5 nitrogen and oxygen atoms in total. The van der Waals surface area contributed by atoms with Gasteiger partial charge in [-0.25, -0.2) is 4.98 Å². The molecule has 0 radical (unpaired) electrons. The van der Waals surface area contributed by atoms with Gasteiger partial charge in [0.2, 0.25) is 0 Å². The van der Waals surface area contributed by atoms with E-state index in [1.165, 1.54) is 5.57 Å². The van der Waals surface area contributed by atoms with Crippen LogP contribution in [0.15, 0.2) is 11.8 Å². The van der Waals surface area contributed by atoms with Crippen molar-refractivity contribution in [1.29, 1.82) is 0 Å². The van der Waals surface area contributed by atoms with Gasteiger partial charge in [-0.3, -0.25) is 9.78 Å². The molecule has 1 heterocycles. The largest absolute Gasteiger partial charge is 0.385 e. The number of aryl methyl sites for hydroxylation is 1. The van der Waals surface area contributed by atoms with Gasteiger partial charge in [0.15, 0.2) is 5.78 Å². The van der Waals surface area contributed by atoms with E-state index in [2.05, 4.69) is 64.5 Å². The molecule has 33 heavy (non-hydrogen) atoms. The number of methoxy groups -OCH3 is 1. The quantitative estimate of drug-likeness (QED) is 0.204. The third kappa shape index (κ3) is 11.4. The van der Waals surface area contributed by atoms with Crippen LogP contribution in [-0.2, 0) is 9.47 Å². The van der Waals surface area contributed by atoms with E-state index in [4.69, 9.17) is 9.47 Å². The van der Waals surface area contributed by atoms with Crippen LogP contribution in [0.2, 0.25) is 0 Å². The lowest BCUT2D eigenvalue weighted by Gasteiger charge is -2.26. The highest BCUT2D eigenvalue weighted by atomic mass is 16.5. The van der Waals surface area contributed by atoms with Crippen molar-refractivity contribution < 1.29 is 14.3 Å². The van der Waals surface area contributed by atoms with Crippen molar-refractivity contribution in [2.24, 2.45) is 11.3 Å². The molecule has 0 N–H and O–H groups in total. The molecule has 0 aromatic carbocycles. The van der Waals surface area contributed by atoms with Gasteiger partial charge in [-0.1, -0.05) is 39.2 Å². The Labute approximate surface area is 202 Å². The van der Waals surface area contributed by atoms with Crippen molar-refractivity contribution in [1.82, 2.24) is 9.97 Å². The topological polar surface area (TPSA) is 61.3 Å². The van der Waals surface area contributed by atoms with Crippen molar-refractivity contribution in [2.45, 2.75) is 106 Å². The average Bonchev–Trinajstić information content (AvgIpc) is 2.73. The Kier molecular flexibility index (Phi) is 12.5. The van der Waals surface area contributed by atoms with E-state index in [1.54, 1.807) is 13.3 Å². The molecular formula is C28H48N2O3. The zero-order valence-electron chi connectivity index (χ0n) is 22.7. The van der Waals surface area contributed by atoms with Crippen LogP contribution in [0.5, 0.6) is 0 Å². The monoisotopic (exact) mass is 460 g/mol. The highest BCUT2D eigenvalue weighted by Crippen LogP contribution is 2.32. The summed E-state index contributed by atoms with van der Waals surface area (Å²) < 4.78 is 11.1. The molecule has 0 saturated heterocycles. The number of ketones is 1. The molecular weight excluding hydrogens is 412 g/mol. The summed E-state index contributed by atoms with van der Waals surface area (Å²) >= 11 is 0. The van der Waals surface area contributed by atoms with Gasteiger partial charge in [-0.15, -0.1) is 0 Å². The number of allylic oxidation sites excluding steroid dienone is 1. The van der Waals surface area contributed by atoms with Crippen LogP contribution in [0.3, 0.4) is 0 Å². The number of carbonyl (C=O) groups is 1. The third-order valence-electron chi connectivity index (χ3n) is 6.44. The van der Waals surface area contributed by atoms with E-state index in [9.17, 15) is 4.79 Å². The fourth-order valence-electron chi connectivity index (χ4n) is 3.64. The zero-order chi connectivity index (χ0) is 25.1. The molecule has 1 aromatic heterocycles. The lowest BCUT2D eigenvalue weighted by molar-refractivity contribution is -0.0243. The number of ether oxygens (including phenoxy) is 2. The molecule has 188 valence electrons. The van der Waals surface area contributed by atoms with Crippen molar-refractivity contribution in [3.8, 4) is 0 Å². The first-order valence-electron chi connectivity index (χ1n) is 12.6. The maximum Gasteiger partial charge on any atom is 0.182 e. The van der Waals surface area contributed by atoms with Crippen LogP contribution in [0.1, 0.15) is 115 Å². The number of hydrogen-bond acceptors (Lipinski definition) is 5. The predicted molar refractivity (Wildman–Crippen MR) is 138 cm³/mol. The first-order valence-corrected chi connectivity index (χ1v) is 12.6. The second-order valence-corrected chi connectivity index (χ2v) is 10.9. The minimum atomic E-state index is -0.0976. The number of aromatic nitrogens is 2. The van der Waals surface area contributed by atoms with Crippen LogP contribution < -0.4 is 0 Å². The molecule has 0 saturated carbocycles. The van der Waals surface area contributed by atoms with E-state index in [1.807, 2.05) is 6.92 Å².